The third kappa shape index (κ3) is 3.89. The highest BCUT2D eigenvalue weighted by atomic mass is 19.3. The fourth-order valence-electron chi connectivity index (χ4n) is 3.73. The molecule has 152 valence electrons. The number of alkyl halides is 2. The van der Waals surface area contributed by atoms with E-state index in [0.29, 0.717) is 38.0 Å². The lowest BCUT2D eigenvalue weighted by atomic mass is 10.1. The highest BCUT2D eigenvalue weighted by molar-refractivity contribution is 5.44. The number of fused-ring (bicyclic) bond motifs is 1. The molecule has 7 nitrogen and oxygen atoms in total. The van der Waals surface area contributed by atoms with Crippen molar-refractivity contribution in [3.05, 3.63) is 29.6 Å². The third-order valence-corrected chi connectivity index (χ3v) is 5.09. The maximum absolute atomic E-state index is 14.2. The Labute approximate surface area is 161 Å². The van der Waals surface area contributed by atoms with Gasteiger partial charge in [-0.05, 0) is 37.5 Å². The van der Waals surface area contributed by atoms with Crippen molar-refractivity contribution in [3.8, 4) is 11.5 Å². The molecule has 0 saturated carbocycles. The van der Waals surface area contributed by atoms with Crippen molar-refractivity contribution in [3.63, 3.8) is 0 Å². The number of ether oxygens (including phenoxy) is 2. The first kappa shape index (κ1) is 18.9. The lowest BCUT2D eigenvalue weighted by Gasteiger charge is -2.27. The summed E-state index contributed by atoms with van der Waals surface area (Å²) in [6, 6.07) is 4.89. The molecule has 28 heavy (non-hydrogen) atoms. The average Bonchev–Trinajstić information content (AvgIpc) is 2.96. The van der Waals surface area contributed by atoms with Crippen LogP contribution < -0.4 is 9.64 Å². The van der Waals surface area contributed by atoms with Crippen molar-refractivity contribution in [1.82, 2.24) is 14.8 Å². The molecule has 1 aromatic heterocycles. The highest BCUT2D eigenvalue weighted by Gasteiger charge is 2.35. The molecule has 1 aromatic carbocycles. The van der Waals surface area contributed by atoms with Crippen LogP contribution >= 0.6 is 0 Å². The summed E-state index contributed by atoms with van der Waals surface area (Å²) in [5.41, 5.74) is 0.769. The molecule has 0 spiro atoms. The van der Waals surface area contributed by atoms with Gasteiger partial charge >= 0.3 is 5.92 Å². The van der Waals surface area contributed by atoms with Gasteiger partial charge in [0.2, 0.25) is 11.8 Å². The number of rotatable bonds is 4. The van der Waals surface area contributed by atoms with E-state index in [1.807, 2.05) is 4.90 Å². The molecule has 1 fully saturated rings. The van der Waals surface area contributed by atoms with Crippen molar-refractivity contribution in [1.29, 1.82) is 0 Å². The van der Waals surface area contributed by atoms with Gasteiger partial charge in [0.1, 0.15) is 18.1 Å². The quantitative estimate of drug-likeness (QED) is 0.859. The Hall–Kier alpha value is -2.42. The third-order valence-electron chi connectivity index (χ3n) is 5.09. The van der Waals surface area contributed by atoms with Crippen LogP contribution in [0.4, 0.5) is 14.7 Å². The molecule has 1 N–H and O–H groups in total. The number of hydrogen-bond donors (Lipinski definition) is 1. The average molecular weight is 394 g/mol. The molecule has 1 saturated heterocycles. The first-order valence-corrected chi connectivity index (χ1v) is 9.54. The minimum atomic E-state index is -3.11. The molecule has 2 aromatic rings. The van der Waals surface area contributed by atoms with Gasteiger partial charge in [-0.2, -0.15) is 8.78 Å². The molecule has 2 aliphatic rings. The van der Waals surface area contributed by atoms with E-state index in [9.17, 15) is 13.9 Å². The number of halogens is 2. The van der Waals surface area contributed by atoms with E-state index in [4.69, 9.17) is 9.47 Å². The second-order valence-corrected chi connectivity index (χ2v) is 7.37. The van der Waals surface area contributed by atoms with Crippen molar-refractivity contribution >= 4 is 5.95 Å². The van der Waals surface area contributed by atoms with Crippen LogP contribution in [0.5, 0.6) is 11.5 Å². The van der Waals surface area contributed by atoms with Crippen molar-refractivity contribution in [2.24, 2.45) is 0 Å². The number of aromatic nitrogens is 3. The predicted octanol–water partition coefficient (Wildman–Crippen LogP) is 3.06. The molecule has 0 aliphatic carbocycles. The summed E-state index contributed by atoms with van der Waals surface area (Å²) in [4.78, 5) is 1.86. The van der Waals surface area contributed by atoms with Gasteiger partial charge in [-0.3, -0.25) is 4.57 Å². The number of aromatic hydroxyl groups is 1. The number of phenolic OH excluding ortho intramolecular Hbond substituents is 1. The lowest BCUT2D eigenvalue weighted by molar-refractivity contribution is -0.0120. The van der Waals surface area contributed by atoms with Crippen LogP contribution in [0, 0.1) is 0 Å². The smallest absolute Gasteiger partial charge is 0.304 e. The van der Waals surface area contributed by atoms with Gasteiger partial charge in [-0.1, -0.05) is 0 Å². The SMILES string of the molecule is CC(F)(F)c1nnc(N2CCOc3ccc(O)cc3C2)n1CC1CCCCO1. The van der Waals surface area contributed by atoms with Crippen LogP contribution in [0.1, 0.15) is 37.6 Å². The van der Waals surface area contributed by atoms with Crippen LogP contribution in [0.25, 0.3) is 0 Å². The lowest BCUT2D eigenvalue weighted by Crippen LogP contribution is -2.32. The Morgan fingerprint density at radius 1 is 1.25 bits per heavy atom. The fourth-order valence-corrected chi connectivity index (χ4v) is 3.73. The predicted molar refractivity (Wildman–Crippen MR) is 97.8 cm³/mol. The number of nitrogens with zero attached hydrogens (tertiary/aromatic N) is 4. The zero-order valence-corrected chi connectivity index (χ0v) is 15.8. The summed E-state index contributed by atoms with van der Waals surface area (Å²) in [7, 11) is 0. The standard InChI is InChI=1S/C19H24F2N4O3/c1-19(20,21)17-22-23-18(25(17)12-15-4-2-3-8-27-15)24-7-9-28-16-6-5-14(26)10-13(16)11-24/h5-6,10,15,26H,2-4,7-9,11-12H2,1H3. The van der Waals surface area contributed by atoms with Gasteiger partial charge in [0.25, 0.3) is 0 Å². The Morgan fingerprint density at radius 3 is 2.86 bits per heavy atom. The van der Waals surface area contributed by atoms with Crippen LogP contribution in [0.3, 0.4) is 0 Å². The zero-order valence-electron chi connectivity index (χ0n) is 15.8. The highest BCUT2D eigenvalue weighted by Crippen LogP contribution is 2.32. The summed E-state index contributed by atoms with van der Waals surface area (Å²) >= 11 is 0. The van der Waals surface area contributed by atoms with E-state index in [-0.39, 0.29) is 24.2 Å². The zero-order chi connectivity index (χ0) is 19.7. The van der Waals surface area contributed by atoms with Crippen LogP contribution in [0.2, 0.25) is 0 Å². The molecule has 9 heteroatoms. The Morgan fingerprint density at radius 2 is 2.11 bits per heavy atom. The number of benzene rings is 1. The van der Waals surface area contributed by atoms with Crippen molar-refractivity contribution in [2.45, 2.75) is 51.3 Å². The first-order valence-electron chi connectivity index (χ1n) is 9.54. The van der Waals surface area contributed by atoms with Gasteiger partial charge in [0.05, 0.1) is 19.2 Å². The summed E-state index contributed by atoms with van der Waals surface area (Å²) in [6.45, 7) is 2.98. The molecule has 0 amide bonds. The van der Waals surface area contributed by atoms with Gasteiger partial charge < -0.3 is 19.5 Å². The van der Waals surface area contributed by atoms with Gasteiger partial charge in [-0.15, -0.1) is 10.2 Å². The molecule has 2 aliphatic heterocycles. The van der Waals surface area contributed by atoms with E-state index in [2.05, 4.69) is 10.2 Å². The summed E-state index contributed by atoms with van der Waals surface area (Å²) in [5.74, 6) is -2.31. The van der Waals surface area contributed by atoms with Crippen LogP contribution in [-0.4, -0.2) is 45.7 Å². The number of anilines is 1. The Balaban J connectivity index is 1.67. The van der Waals surface area contributed by atoms with Gasteiger partial charge in [0.15, 0.2) is 0 Å². The molecule has 0 radical (unpaired) electrons. The topological polar surface area (TPSA) is 72.6 Å². The molecule has 0 bridgehead atoms. The number of phenols is 1. The van der Waals surface area contributed by atoms with Crippen molar-refractivity contribution in [2.75, 3.05) is 24.7 Å². The number of hydrogen-bond acceptors (Lipinski definition) is 6. The van der Waals surface area contributed by atoms with Crippen LogP contribution in [0.15, 0.2) is 18.2 Å². The molecular weight excluding hydrogens is 370 g/mol. The maximum Gasteiger partial charge on any atom is 0.304 e. The van der Waals surface area contributed by atoms with E-state index >= 15 is 0 Å². The maximum atomic E-state index is 14.2. The summed E-state index contributed by atoms with van der Waals surface area (Å²) < 4.78 is 41.3. The molecule has 1 atom stereocenters. The van der Waals surface area contributed by atoms with E-state index in [1.165, 1.54) is 4.57 Å². The monoisotopic (exact) mass is 394 g/mol. The molecular formula is C19H24F2N4O3. The van der Waals surface area contributed by atoms with Gasteiger partial charge in [0, 0.05) is 25.6 Å². The van der Waals surface area contributed by atoms with E-state index in [1.54, 1.807) is 18.2 Å². The molecule has 4 rings (SSSR count). The molecule has 1 unspecified atom stereocenters. The second-order valence-electron chi connectivity index (χ2n) is 7.37. The molecule has 3 heterocycles. The van der Waals surface area contributed by atoms with Crippen molar-refractivity contribution < 1.29 is 23.4 Å². The largest absolute Gasteiger partial charge is 0.508 e. The normalized spacial score (nSPS) is 20.4. The minimum Gasteiger partial charge on any atom is -0.508 e. The van der Waals surface area contributed by atoms with E-state index < -0.39 is 5.92 Å². The first-order chi connectivity index (χ1) is 13.4. The Bertz CT molecular complexity index is 831. The second kappa shape index (κ2) is 7.54. The summed E-state index contributed by atoms with van der Waals surface area (Å²) in [6.07, 6.45) is 2.70. The van der Waals surface area contributed by atoms with Gasteiger partial charge in [-0.25, -0.2) is 0 Å². The Kier molecular flexibility index (Phi) is 5.09. The van der Waals surface area contributed by atoms with E-state index in [0.717, 1.165) is 31.7 Å². The minimum absolute atomic E-state index is 0.127. The van der Waals surface area contributed by atoms with Crippen LogP contribution in [-0.2, 0) is 23.7 Å². The fraction of sp³-hybridized carbons (Fsp3) is 0.579. The summed E-state index contributed by atoms with van der Waals surface area (Å²) in [5, 5.41) is 17.7.